The molecule has 0 unspecified atom stereocenters. The van der Waals surface area contributed by atoms with Gasteiger partial charge in [0.15, 0.2) is 12.0 Å². The summed E-state index contributed by atoms with van der Waals surface area (Å²) in [5.74, 6) is 0.604. The van der Waals surface area contributed by atoms with Gasteiger partial charge in [0.1, 0.15) is 0 Å². The van der Waals surface area contributed by atoms with E-state index >= 15 is 0 Å². The van der Waals surface area contributed by atoms with E-state index in [1.165, 1.54) is 11.8 Å². The van der Waals surface area contributed by atoms with Gasteiger partial charge in [-0.1, -0.05) is 16.8 Å². The van der Waals surface area contributed by atoms with Crippen LogP contribution in [0.1, 0.15) is 27.2 Å². The van der Waals surface area contributed by atoms with Gasteiger partial charge in [-0.2, -0.15) is 0 Å². The molecule has 2 heterocycles. The lowest BCUT2D eigenvalue weighted by Gasteiger charge is -1.98. The Labute approximate surface area is 104 Å². The Hall–Kier alpha value is -2.36. The van der Waals surface area contributed by atoms with Crippen LogP contribution in [0.5, 0.6) is 0 Å². The van der Waals surface area contributed by atoms with Gasteiger partial charge >= 0.3 is 0 Å². The number of benzene rings is 1. The molecule has 4 heteroatoms. The second-order valence-electron chi connectivity index (χ2n) is 4.36. The summed E-state index contributed by atoms with van der Waals surface area (Å²) in [5, 5.41) is 4.81. The molecule has 4 nitrogen and oxygen atoms in total. The molecule has 0 aliphatic rings. The summed E-state index contributed by atoms with van der Waals surface area (Å²) in [4.78, 5) is 14.0. The van der Waals surface area contributed by atoms with Crippen molar-refractivity contribution in [3.05, 3.63) is 53.0 Å². The number of fused-ring (bicyclic) bond motifs is 1. The van der Waals surface area contributed by atoms with Crippen LogP contribution < -0.4 is 0 Å². The summed E-state index contributed by atoms with van der Waals surface area (Å²) in [5.41, 5.74) is 3.91. The minimum atomic E-state index is 0.511. The molecule has 0 amide bonds. The highest BCUT2D eigenvalue weighted by molar-refractivity contribution is 5.84. The van der Waals surface area contributed by atoms with Crippen LogP contribution in [-0.2, 0) is 6.42 Å². The third-order valence-corrected chi connectivity index (χ3v) is 3.08. The molecule has 3 aromatic rings. The van der Waals surface area contributed by atoms with Gasteiger partial charge in [-0.15, -0.1) is 0 Å². The van der Waals surface area contributed by atoms with Crippen LogP contribution in [0.4, 0.5) is 0 Å². The van der Waals surface area contributed by atoms with E-state index < -0.39 is 0 Å². The molecule has 0 radical (unpaired) electrons. The molecule has 0 saturated carbocycles. The van der Waals surface area contributed by atoms with Gasteiger partial charge in [0, 0.05) is 23.5 Å². The number of nitrogens with zero attached hydrogens (tertiary/aromatic N) is 1. The minimum absolute atomic E-state index is 0.511. The van der Waals surface area contributed by atoms with E-state index in [4.69, 9.17) is 4.52 Å². The van der Waals surface area contributed by atoms with Crippen molar-refractivity contribution in [1.29, 1.82) is 0 Å². The quantitative estimate of drug-likeness (QED) is 0.716. The van der Waals surface area contributed by atoms with E-state index in [0.717, 1.165) is 22.8 Å². The monoisotopic (exact) mass is 240 g/mol. The van der Waals surface area contributed by atoms with E-state index in [9.17, 15) is 4.79 Å². The molecule has 0 atom stereocenters. The zero-order chi connectivity index (χ0) is 12.5. The third-order valence-electron chi connectivity index (χ3n) is 3.08. The number of aromatic amines is 1. The zero-order valence-electron chi connectivity index (χ0n) is 9.93. The zero-order valence-corrected chi connectivity index (χ0v) is 9.93. The number of aryl methyl sites for hydroxylation is 1. The molecule has 0 spiro atoms. The summed E-state index contributed by atoms with van der Waals surface area (Å²) in [6, 6.07) is 6.24. The summed E-state index contributed by atoms with van der Waals surface area (Å²) in [6.07, 6.45) is 4.73. The number of nitrogens with one attached hydrogen (secondary N) is 1. The van der Waals surface area contributed by atoms with Crippen molar-refractivity contribution in [2.75, 3.05) is 0 Å². The molecule has 1 N–H and O–H groups in total. The Kier molecular flexibility index (Phi) is 2.48. The number of aromatic nitrogens is 2. The first-order valence-electron chi connectivity index (χ1n) is 5.73. The predicted octanol–water partition coefficient (Wildman–Crippen LogP) is 2.87. The number of hydrogen-bond donors (Lipinski definition) is 1. The molecule has 90 valence electrons. The van der Waals surface area contributed by atoms with Gasteiger partial charge in [-0.25, -0.2) is 0 Å². The Balaban J connectivity index is 2.05. The molecule has 0 aliphatic heterocycles. The van der Waals surface area contributed by atoms with E-state index in [1.807, 2.05) is 6.20 Å². The van der Waals surface area contributed by atoms with Crippen LogP contribution in [0.25, 0.3) is 10.9 Å². The Morgan fingerprint density at radius 2 is 2.33 bits per heavy atom. The molecule has 0 saturated heterocycles. The molecule has 18 heavy (non-hydrogen) atoms. The van der Waals surface area contributed by atoms with Gasteiger partial charge in [0.05, 0.1) is 11.8 Å². The van der Waals surface area contributed by atoms with Gasteiger partial charge in [0.2, 0.25) is 0 Å². The fraction of sp³-hybridized carbons (Fsp3) is 0.143. The van der Waals surface area contributed by atoms with Crippen molar-refractivity contribution in [3.8, 4) is 0 Å². The van der Waals surface area contributed by atoms with Crippen molar-refractivity contribution < 1.29 is 9.32 Å². The van der Waals surface area contributed by atoms with Crippen molar-refractivity contribution in [1.82, 2.24) is 10.1 Å². The molecular formula is C14H12N2O2. The number of aldehydes is 1. The highest BCUT2D eigenvalue weighted by atomic mass is 16.5. The first kappa shape index (κ1) is 10.8. The maximum absolute atomic E-state index is 10.8. The standard InChI is InChI=1S/C14H12N2O2/c1-9-2-3-13-12(4-9)10(6-15-13)5-14-11(8-17)7-16-18-14/h2-4,6-8,15H,5H2,1H3. The van der Waals surface area contributed by atoms with Crippen LogP contribution in [-0.4, -0.2) is 16.4 Å². The fourth-order valence-electron chi connectivity index (χ4n) is 2.11. The molecule has 0 aliphatic carbocycles. The van der Waals surface area contributed by atoms with E-state index in [0.29, 0.717) is 17.7 Å². The van der Waals surface area contributed by atoms with Gasteiger partial charge in [-0.3, -0.25) is 4.79 Å². The lowest BCUT2D eigenvalue weighted by atomic mass is 10.1. The smallest absolute Gasteiger partial charge is 0.155 e. The van der Waals surface area contributed by atoms with E-state index in [2.05, 4.69) is 35.3 Å². The number of carbonyl (C=O) groups is 1. The van der Waals surface area contributed by atoms with Crippen LogP contribution in [0.2, 0.25) is 0 Å². The van der Waals surface area contributed by atoms with Crippen molar-refractivity contribution >= 4 is 17.2 Å². The second-order valence-corrected chi connectivity index (χ2v) is 4.36. The lowest BCUT2D eigenvalue weighted by Crippen LogP contribution is -1.89. The number of H-pyrrole nitrogens is 1. The topological polar surface area (TPSA) is 58.9 Å². The Morgan fingerprint density at radius 1 is 1.44 bits per heavy atom. The highest BCUT2D eigenvalue weighted by Crippen LogP contribution is 2.23. The molecule has 3 rings (SSSR count). The molecule has 1 aromatic carbocycles. The van der Waals surface area contributed by atoms with Crippen LogP contribution in [0, 0.1) is 6.92 Å². The maximum atomic E-state index is 10.8. The number of hydrogen-bond acceptors (Lipinski definition) is 3. The van der Waals surface area contributed by atoms with Crippen LogP contribution in [0.3, 0.4) is 0 Å². The van der Waals surface area contributed by atoms with Gasteiger partial charge in [-0.05, 0) is 24.6 Å². The van der Waals surface area contributed by atoms with Crippen LogP contribution >= 0.6 is 0 Å². The number of carbonyl (C=O) groups excluding carboxylic acids is 1. The highest BCUT2D eigenvalue weighted by Gasteiger charge is 2.11. The summed E-state index contributed by atoms with van der Waals surface area (Å²) in [6.45, 7) is 2.06. The van der Waals surface area contributed by atoms with Gasteiger partial charge < -0.3 is 9.51 Å². The summed E-state index contributed by atoms with van der Waals surface area (Å²) >= 11 is 0. The first-order valence-corrected chi connectivity index (χ1v) is 5.73. The minimum Gasteiger partial charge on any atom is -0.361 e. The normalized spacial score (nSPS) is 10.9. The first-order chi connectivity index (χ1) is 8.78. The van der Waals surface area contributed by atoms with Crippen LogP contribution in [0.15, 0.2) is 35.1 Å². The summed E-state index contributed by atoms with van der Waals surface area (Å²) < 4.78 is 5.11. The summed E-state index contributed by atoms with van der Waals surface area (Å²) in [7, 11) is 0. The van der Waals surface area contributed by atoms with Gasteiger partial charge in [0.25, 0.3) is 0 Å². The van der Waals surface area contributed by atoms with Crippen molar-refractivity contribution in [2.45, 2.75) is 13.3 Å². The molecule has 0 bridgehead atoms. The van der Waals surface area contributed by atoms with Crippen molar-refractivity contribution in [2.24, 2.45) is 0 Å². The average molecular weight is 240 g/mol. The maximum Gasteiger partial charge on any atom is 0.155 e. The lowest BCUT2D eigenvalue weighted by molar-refractivity contribution is 0.112. The predicted molar refractivity (Wildman–Crippen MR) is 67.7 cm³/mol. The number of rotatable bonds is 3. The Morgan fingerprint density at radius 3 is 3.17 bits per heavy atom. The van der Waals surface area contributed by atoms with Crippen molar-refractivity contribution in [3.63, 3.8) is 0 Å². The average Bonchev–Trinajstić information content (AvgIpc) is 2.97. The van der Waals surface area contributed by atoms with E-state index in [-0.39, 0.29) is 0 Å². The molecule has 0 fully saturated rings. The van der Waals surface area contributed by atoms with E-state index in [1.54, 1.807) is 0 Å². The molecular weight excluding hydrogens is 228 g/mol. The fourth-order valence-corrected chi connectivity index (χ4v) is 2.11. The SMILES string of the molecule is Cc1ccc2[nH]cc(Cc3oncc3C=O)c2c1. The molecule has 2 aromatic heterocycles. The second kappa shape index (κ2) is 4.14. The largest absolute Gasteiger partial charge is 0.361 e. The Bertz CT molecular complexity index is 709. The third kappa shape index (κ3) is 1.72.